The van der Waals surface area contributed by atoms with E-state index in [9.17, 15) is 0 Å². The molecule has 0 amide bonds. The number of imidazole rings is 1. The quantitative estimate of drug-likeness (QED) is 0.435. The summed E-state index contributed by atoms with van der Waals surface area (Å²) in [5.74, 6) is 1.67. The highest BCUT2D eigenvalue weighted by molar-refractivity contribution is 6.31. The minimum absolute atomic E-state index is 0.688. The van der Waals surface area contributed by atoms with E-state index in [0.29, 0.717) is 11.0 Å². The maximum absolute atomic E-state index is 6.05. The Kier molecular flexibility index (Phi) is 4.24. The predicted molar refractivity (Wildman–Crippen MR) is 122 cm³/mol. The minimum Gasteiger partial charge on any atom is -0.353 e. The third-order valence-electron chi connectivity index (χ3n) is 5.62. The molecule has 5 aromatic rings. The summed E-state index contributed by atoms with van der Waals surface area (Å²) in [6, 6.07) is 14.1. The summed E-state index contributed by atoms with van der Waals surface area (Å²) < 4.78 is 1.99. The second-order valence-electron chi connectivity index (χ2n) is 7.60. The Balaban J connectivity index is 1.14. The van der Waals surface area contributed by atoms with Gasteiger partial charge in [-0.1, -0.05) is 23.7 Å². The molecule has 0 atom stereocenters. The number of rotatable bonds is 5. The first-order chi connectivity index (χ1) is 15.2. The van der Waals surface area contributed by atoms with Gasteiger partial charge in [0, 0.05) is 23.8 Å². The monoisotopic (exact) mass is 430 g/mol. The Bertz CT molecular complexity index is 1390. The molecule has 4 heterocycles. The van der Waals surface area contributed by atoms with Gasteiger partial charge in [-0.25, -0.2) is 15.0 Å². The van der Waals surface area contributed by atoms with E-state index >= 15 is 0 Å². The summed E-state index contributed by atoms with van der Waals surface area (Å²) in [6.45, 7) is 2.65. The van der Waals surface area contributed by atoms with Crippen LogP contribution in [0.15, 0.2) is 55.0 Å². The van der Waals surface area contributed by atoms with Gasteiger partial charge in [-0.15, -0.1) is 0 Å². The minimum atomic E-state index is 0.688. The second-order valence-corrected chi connectivity index (χ2v) is 8.04. The van der Waals surface area contributed by atoms with Crippen LogP contribution in [0.4, 0.5) is 17.5 Å². The molecule has 0 unspecified atom stereocenters. The molecule has 0 fully saturated rings. The first-order valence-corrected chi connectivity index (χ1v) is 10.5. The fraction of sp³-hybridized carbons (Fsp3) is 0.182. The number of aromatic nitrogens is 6. The third-order valence-corrected chi connectivity index (χ3v) is 5.86. The van der Waals surface area contributed by atoms with E-state index in [4.69, 9.17) is 11.6 Å². The number of aromatic amines is 1. The standard InChI is InChI=1S/C22H19ClN8/c23-15-3-6-17-18(11-15)29-22(28-17)27-16-4-1-14(2-5-16)7-8-30-9-10-31-20-19(12-26-31)24-13-25-21(20)30/h1-6,11-13H,7-10H2,(H2,27,28,29). The number of anilines is 3. The molecule has 2 N–H and O–H groups in total. The van der Waals surface area contributed by atoms with Crippen LogP contribution in [0.1, 0.15) is 5.56 Å². The molecule has 0 bridgehead atoms. The van der Waals surface area contributed by atoms with Gasteiger partial charge < -0.3 is 15.2 Å². The average molecular weight is 431 g/mol. The Labute approximate surface area is 182 Å². The summed E-state index contributed by atoms with van der Waals surface area (Å²) in [4.78, 5) is 18.9. The molecule has 6 rings (SSSR count). The highest BCUT2D eigenvalue weighted by atomic mass is 35.5. The van der Waals surface area contributed by atoms with Crippen molar-refractivity contribution in [1.29, 1.82) is 0 Å². The number of benzene rings is 2. The third kappa shape index (κ3) is 3.34. The maximum Gasteiger partial charge on any atom is 0.205 e. The fourth-order valence-corrected chi connectivity index (χ4v) is 4.22. The summed E-state index contributed by atoms with van der Waals surface area (Å²) in [7, 11) is 0. The first kappa shape index (κ1) is 18.1. The molecule has 0 saturated carbocycles. The largest absolute Gasteiger partial charge is 0.353 e. The molecular formula is C22H19ClN8. The lowest BCUT2D eigenvalue weighted by molar-refractivity contribution is 0.586. The molecule has 154 valence electrons. The van der Waals surface area contributed by atoms with Gasteiger partial charge in [-0.05, 0) is 42.3 Å². The number of nitrogens with zero attached hydrogens (tertiary/aromatic N) is 6. The molecule has 0 radical (unpaired) electrons. The van der Waals surface area contributed by atoms with E-state index < -0.39 is 0 Å². The van der Waals surface area contributed by atoms with Crippen LogP contribution in [0.3, 0.4) is 0 Å². The van der Waals surface area contributed by atoms with E-state index in [0.717, 1.165) is 59.6 Å². The zero-order valence-electron chi connectivity index (χ0n) is 16.6. The lowest BCUT2D eigenvalue weighted by Crippen LogP contribution is -2.34. The summed E-state index contributed by atoms with van der Waals surface area (Å²) >= 11 is 6.05. The summed E-state index contributed by atoms with van der Waals surface area (Å²) in [5.41, 5.74) is 5.97. The Morgan fingerprint density at radius 3 is 2.84 bits per heavy atom. The van der Waals surface area contributed by atoms with E-state index in [-0.39, 0.29) is 0 Å². The fourth-order valence-electron chi connectivity index (χ4n) is 4.04. The zero-order valence-corrected chi connectivity index (χ0v) is 17.3. The molecule has 31 heavy (non-hydrogen) atoms. The molecule has 0 aliphatic carbocycles. The van der Waals surface area contributed by atoms with Gasteiger partial charge in [-0.2, -0.15) is 5.10 Å². The van der Waals surface area contributed by atoms with Crippen molar-refractivity contribution >= 4 is 51.1 Å². The second kappa shape index (κ2) is 7.24. The summed E-state index contributed by atoms with van der Waals surface area (Å²) in [5, 5.41) is 8.41. The Morgan fingerprint density at radius 1 is 1.03 bits per heavy atom. The summed E-state index contributed by atoms with van der Waals surface area (Å²) in [6.07, 6.45) is 4.36. The van der Waals surface area contributed by atoms with Gasteiger partial charge in [-0.3, -0.25) is 4.68 Å². The van der Waals surface area contributed by atoms with Crippen LogP contribution >= 0.6 is 11.6 Å². The van der Waals surface area contributed by atoms with Crippen molar-refractivity contribution in [1.82, 2.24) is 29.7 Å². The van der Waals surface area contributed by atoms with Gasteiger partial charge in [0.15, 0.2) is 5.82 Å². The van der Waals surface area contributed by atoms with Crippen LogP contribution in [0.5, 0.6) is 0 Å². The molecule has 0 spiro atoms. The van der Waals surface area contributed by atoms with Crippen molar-refractivity contribution < 1.29 is 0 Å². The number of halogens is 1. The Hall–Kier alpha value is -3.65. The van der Waals surface area contributed by atoms with Gasteiger partial charge in [0.2, 0.25) is 5.95 Å². The van der Waals surface area contributed by atoms with Crippen LogP contribution in [0.25, 0.3) is 22.1 Å². The van der Waals surface area contributed by atoms with E-state index in [1.807, 2.05) is 29.1 Å². The number of hydrogen-bond acceptors (Lipinski definition) is 6. The number of fused-ring (bicyclic) bond motifs is 1. The van der Waals surface area contributed by atoms with Crippen LogP contribution < -0.4 is 10.2 Å². The number of hydrogen-bond donors (Lipinski definition) is 2. The molecule has 0 saturated heterocycles. The molecule has 3 aromatic heterocycles. The van der Waals surface area contributed by atoms with Crippen molar-refractivity contribution in [2.24, 2.45) is 0 Å². The van der Waals surface area contributed by atoms with Crippen LogP contribution in [-0.4, -0.2) is 42.8 Å². The molecule has 9 heteroatoms. The van der Waals surface area contributed by atoms with E-state index in [2.05, 4.69) is 59.5 Å². The van der Waals surface area contributed by atoms with Crippen LogP contribution in [0.2, 0.25) is 5.02 Å². The molecule has 1 aliphatic rings. The van der Waals surface area contributed by atoms with Gasteiger partial charge in [0.25, 0.3) is 0 Å². The van der Waals surface area contributed by atoms with Crippen molar-refractivity contribution in [3.8, 4) is 0 Å². The highest BCUT2D eigenvalue weighted by Gasteiger charge is 2.21. The molecule has 1 aliphatic heterocycles. The molecular weight excluding hydrogens is 412 g/mol. The lowest BCUT2D eigenvalue weighted by atomic mass is 10.1. The molecule has 8 nitrogen and oxygen atoms in total. The smallest absolute Gasteiger partial charge is 0.205 e. The molecule has 2 aromatic carbocycles. The van der Waals surface area contributed by atoms with Crippen molar-refractivity contribution in [3.63, 3.8) is 0 Å². The first-order valence-electron chi connectivity index (χ1n) is 10.2. The Morgan fingerprint density at radius 2 is 1.94 bits per heavy atom. The van der Waals surface area contributed by atoms with Crippen molar-refractivity contribution in [2.45, 2.75) is 13.0 Å². The predicted octanol–water partition coefficient (Wildman–Crippen LogP) is 4.16. The van der Waals surface area contributed by atoms with Gasteiger partial charge in [0.05, 0.1) is 23.8 Å². The number of nitrogens with one attached hydrogen (secondary N) is 2. The maximum atomic E-state index is 6.05. The zero-order chi connectivity index (χ0) is 20.8. The normalized spacial score (nSPS) is 13.3. The number of H-pyrrole nitrogens is 1. The van der Waals surface area contributed by atoms with E-state index in [1.54, 1.807) is 6.33 Å². The van der Waals surface area contributed by atoms with Gasteiger partial charge >= 0.3 is 0 Å². The highest BCUT2D eigenvalue weighted by Crippen LogP contribution is 2.27. The van der Waals surface area contributed by atoms with Crippen molar-refractivity contribution in [3.05, 3.63) is 65.6 Å². The van der Waals surface area contributed by atoms with Crippen molar-refractivity contribution in [2.75, 3.05) is 23.3 Å². The topological polar surface area (TPSA) is 87.6 Å². The van der Waals surface area contributed by atoms with Gasteiger partial charge in [0.1, 0.15) is 17.4 Å². The van der Waals surface area contributed by atoms with Crippen LogP contribution in [-0.2, 0) is 13.0 Å². The van der Waals surface area contributed by atoms with Crippen LogP contribution in [0, 0.1) is 0 Å². The lowest BCUT2D eigenvalue weighted by Gasteiger charge is -2.28. The SMILES string of the molecule is Clc1ccc2nc(Nc3ccc(CCN4CCn5ncc6ncnc4c65)cc3)[nH]c2c1. The average Bonchev–Trinajstić information content (AvgIpc) is 3.39. The van der Waals surface area contributed by atoms with E-state index in [1.165, 1.54) is 5.56 Å².